The highest BCUT2D eigenvalue weighted by atomic mass is 35.5. The van der Waals surface area contributed by atoms with Crippen molar-refractivity contribution in [3.05, 3.63) is 106 Å². The maximum atomic E-state index is 12.7. The lowest BCUT2D eigenvalue weighted by molar-refractivity contribution is 0.104. The molecule has 4 nitrogen and oxygen atoms in total. The molecule has 0 aliphatic heterocycles. The van der Waals surface area contributed by atoms with Crippen LogP contribution in [0.15, 0.2) is 85.1 Å². The average molecular weight is 449 g/mol. The van der Waals surface area contributed by atoms with E-state index in [9.17, 15) is 4.79 Å². The molecule has 31 heavy (non-hydrogen) atoms. The summed E-state index contributed by atoms with van der Waals surface area (Å²) in [4.78, 5) is 12.7. The molecule has 1 aromatic heterocycles. The van der Waals surface area contributed by atoms with Crippen LogP contribution in [0.25, 0.3) is 23.0 Å². The molecule has 4 rings (SSSR count). The maximum absolute atomic E-state index is 12.7. The van der Waals surface area contributed by atoms with Crippen LogP contribution in [0.4, 0.5) is 0 Å². The summed E-state index contributed by atoms with van der Waals surface area (Å²) in [6.45, 7) is 0. The molecule has 0 spiro atoms. The van der Waals surface area contributed by atoms with Crippen LogP contribution in [0.1, 0.15) is 15.9 Å². The zero-order valence-corrected chi connectivity index (χ0v) is 18.1. The molecule has 0 radical (unpaired) electrons. The number of carbonyl (C=O) groups excluding carboxylic acids is 1. The van der Waals surface area contributed by atoms with Gasteiger partial charge in [0.1, 0.15) is 5.75 Å². The van der Waals surface area contributed by atoms with E-state index in [-0.39, 0.29) is 5.78 Å². The summed E-state index contributed by atoms with van der Waals surface area (Å²) >= 11 is 12.1. The van der Waals surface area contributed by atoms with Crippen molar-refractivity contribution in [2.24, 2.45) is 0 Å². The van der Waals surface area contributed by atoms with Gasteiger partial charge in [-0.15, -0.1) is 0 Å². The van der Waals surface area contributed by atoms with Crippen LogP contribution in [0.5, 0.6) is 5.75 Å². The summed E-state index contributed by atoms with van der Waals surface area (Å²) in [5, 5.41) is 5.56. The van der Waals surface area contributed by atoms with Crippen molar-refractivity contribution in [1.82, 2.24) is 9.78 Å². The largest absolute Gasteiger partial charge is 0.497 e. The molecule has 0 saturated heterocycles. The number of hydrogen-bond acceptors (Lipinski definition) is 3. The fourth-order valence-electron chi connectivity index (χ4n) is 3.14. The van der Waals surface area contributed by atoms with Crippen LogP contribution in [-0.2, 0) is 0 Å². The number of rotatable bonds is 6. The van der Waals surface area contributed by atoms with Gasteiger partial charge in [-0.05, 0) is 66.7 Å². The maximum Gasteiger partial charge on any atom is 0.187 e. The zero-order valence-electron chi connectivity index (χ0n) is 16.6. The fraction of sp³-hybridized carbons (Fsp3) is 0.0400. The highest BCUT2D eigenvalue weighted by Crippen LogP contribution is 2.27. The SMILES string of the molecule is COc1ccc(-c2nn(-c3ccccc3)cc2/C=C/C(=O)c2ccc(Cl)cc2Cl)cc1. The van der Waals surface area contributed by atoms with Crippen molar-refractivity contribution < 1.29 is 9.53 Å². The van der Waals surface area contributed by atoms with Gasteiger partial charge in [0.05, 0.1) is 23.5 Å². The van der Waals surface area contributed by atoms with Gasteiger partial charge < -0.3 is 4.74 Å². The van der Waals surface area contributed by atoms with Gasteiger partial charge in [0.15, 0.2) is 5.78 Å². The topological polar surface area (TPSA) is 44.1 Å². The second-order valence-corrected chi connectivity index (χ2v) is 7.61. The second-order valence-electron chi connectivity index (χ2n) is 6.76. The lowest BCUT2D eigenvalue weighted by atomic mass is 10.1. The number of methoxy groups -OCH3 is 1. The van der Waals surface area contributed by atoms with Crippen LogP contribution < -0.4 is 4.74 Å². The van der Waals surface area contributed by atoms with Crippen molar-refractivity contribution in [3.8, 4) is 22.7 Å². The Labute approximate surface area is 190 Å². The van der Waals surface area contributed by atoms with Crippen molar-refractivity contribution in [1.29, 1.82) is 0 Å². The number of allylic oxidation sites excluding steroid dienone is 1. The first-order chi connectivity index (χ1) is 15.0. The van der Waals surface area contributed by atoms with Crippen LogP contribution >= 0.6 is 23.2 Å². The van der Waals surface area contributed by atoms with E-state index in [0.29, 0.717) is 15.6 Å². The van der Waals surface area contributed by atoms with E-state index >= 15 is 0 Å². The van der Waals surface area contributed by atoms with E-state index in [1.807, 2.05) is 60.8 Å². The minimum Gasteiger partial charge on any atom is -0.497 e. The smallest absolute Gasteiger partial charge is 0.187 e. The van der Waals surface area contributed by atoms with Crippen molar-refractivity contribution in [3.63, 3.8) is 0 Å². The summed E-state index contributed by atoms with van der Waals surface area (Å²) in [6, 6.07) is 22.2. The third kappa shape index (κ3) is 4.71. The molecule has 0 aliphatic carbocycles. The number of halogens is 2. The molecule has 4 aromatic rings. The van der Waals surface area contributed by atoms with Crippen LogP contribution in [0.3, 0.4) is 0 Å². The van der Waals surface area contributed by atoms with Gasteiger partial charge in [0, 0.05) is 27.9 Å². The second kappa shape index (κ2) is 9.21. The number of ether oxygens (including phenoxy) is 1. The summed E-state index contributed by atoms with van der Waals surface area (Å²) < 4.78 is 7.04. The monoisotopic (exact) mass is 448 g/mol. The molecule has 0 atom stereocenters. The van der Waals surface area contributed by atoms with Gasteiger partial charge in [-0.25, -0.2) is 4.68 Å². The first-order valence-corrected chi connectivity index (χ1v) is 10.3. The Hall–Kier alpha value is -3.34. The molecule has 0 unspecified atom stereocenters. The van der Waals surface area contributed by atoms with Crippen molar-refractivity contribution in [2.45, 2.75) is 0 Å². The van der Waals surface area contributed by atoms with Crippen LogP contribution in [0, 0.1) is 0 Å². The molecule has 6 heteroatoms. The number of benzene rings is 3. The van der Waals surface area contributed by atoms with Gasteiger partial charge in [0.25, 0.3) is 0 Å². The van der Waals surface area contributed by atoms with Gasteiger partial charge in [0.2, 0.25) is 0 Å². The molecule has 0 fully saturated rings. The molecule has 0 N–H and O–H groups in total. The van der Waals surface area contributed by atoms with Crippen molar-refractivity contribution in [2.75, 3.05) is 7.11 Å². The Morgan fingerprint density at radius 3 is 2.42 bits per heavy atom. The Morgan fingerprint density at radius 1 is 1.00 bits per heavy atom. The third-order valence-corrected chi connectivity index (χ3v) is 5.29. The van der Waals surface area contributed by atoms with E-state index in [1.54, 1.807) is 36.1 Å². The summed E-state index contributed by atoms with van der Waals surface area (Å²) in [5.74, 6) is 0.547. The first-order valence-electron chi connectivity index (χ1n) is 9.52. The van der Waals surface area contributed by atoms with E-state index in [2.05, 4.69) is 0 Å². The van der Waals surface area contributed by atoms with Crippen LogP contribution in [-0.4, -0.2) is 22.7 Å². The van der Waals surface area contributed by atoms with E-state index in [0.717, 1.165) is 28.3 Å². The normalized spacial score (nSPS) is 11.1. The molecule has 3 aromatic carbocycles. The predicted octanol–water partition coefficient (Wildman–Crippen LogP) is 6.75. The Balaban J connectivity index is 1.73. The fourth-order valence-corrected chi connectivity index (χ4v) is 3.64. The lowest BCUT2D eigenvalue weighted by Gasteiger charge is -2.03. The number of ketones is 1. The number of aromatic nitrogens is 2. The van der Waals surface area contributed by atoms with Gasteiger partial charge in [-0.2, -0.15) is 5.10 Å². The zero-order chi connectivity index (χ0) is 21.8. The molecule has 0 saturated carbocycles. The Morgan fingerprint density at radius 2 is 1.74 bits per heavy atom. The lowest BCUT2D eigenvalue weighted by Crippen LogP contribution is -1.95. The summed E-state index contributed by atoms with van der Waals surface area (Å²) in [7, 11) is 1.63. The first kappa shape index (κ1) is 20.9. The molecule has 1 heterocycles. The molecular weight excluding hydrogens is 431 g/mol. The number of para-hydroxylation sites is 1. The Bertz CT molecular complexity index is 1250. The van der Waals surface area contributed by atoms with Gasteiger partial charge in [-0.3, -0.25) is 4.79 Å². The number of nitrogens with zero attached hydrogens (tertiary/aromatic N) is 2. The quantitative estimate of drug-likeness (QED) is 0.242. The van der Waals surface area contributed by atoms with Crippen molar-refractivity contribution >= 4 is 35.1 Å². The molecular formula is C25H18Cl2N2O2. The highest BCUT2D eigenvalue weighted by Gasteiger charge is 2.13. The van der Waals surface area contributed by atoms with E-state index in [4.69, 9.17) is 33.0 Å². The van der Waals surface area contributed by atoms with E-state index < -0.39 is 0 Å². The van der Waals surface area contributed by atoms with E-state index in [1.165, 1.54) is 6.08 Å². The minimum absolute atomic E-state index is 0.213. The highest BCUT2D eigenvalue weighted by molar-refractivity contribution is 6.37. The average Bonchev–Trinajstić information content (AvgIpc) is 3.22. The standard InChI is InChI=1S/C25H18Cl2N2O2/c1-31-21-11-7-17(8-12-21)25-18(16-29(28-25)20-5-3-2-4-6-20)9-14-24(30)22-13-10-19(26)15-23(22)27/h2-16H,1H3/b14-9+. The van der Waals surface area contributed by atoms with Crippen LogP contribution in [0.2, 0.25) is 10.0 Å². The third-order valence-electron chi connectivity index (χ3n) is 4.74. The Kier molecular flexibility index (Phi) is 6.21. The molecule has 0 bridgehead atoms. The summed E-state index contributed by atoms with van der Waals surface area (Å²) in [6.07, 6.45) is 5.13. The molecule has 0 aliphatic rings. The molecule has 154 valence electrons. The predicted molar refractivity (Wildman–Crippen MR) is 125 cm³/mol. The minimum atomic E-state index is -0.213. The van der Waals surface area contributed by atoms with Gasteiger partial charge in [-0.1, -0.05) is 41.4 Å². The number of carbonyl (C=O) groups is 1. The summed E-state index contributed by atoms with van der Waals surface area (Å²) in [5.41, 5.74) is 3.77. The van der Waals surface area contributed by atoms with Gasteiger partial charge >= 0.3 is 0 Å². The number of hydrogen-bond donors (Lipinski definition) is 0. The molecule has 0 amide bonds.